The molecule has 3 heterocycles. The minimum atomic E-state index is -0.406. The average Bonchev–Trinajstić information content (AvgIpc) is 3.00. The number of aromatic nitrogens is 2. The Kier molecular flexibility index (Phi) is 5.54. The lowest BCUT2D eigenvalue weighted by Crippen LogP contribution is -2.40. The molecule has 1 fully saturated rings. The van der Waals surface area contributed by atoms with E-state index in [1.807, 2.05) is 20.8 Å². The van der Waals surface area contributed by atoms with Crippen molar-refractivity contribution >= 4 is 28.6 Å². The van der Waals surface area contributed by atoms with Crippen molar-refractivity contribution in [2.45, 2.75) is 32.9 Å². The Hall–Kier alpha value is -3.20. The number of fused-ring (bicyclic) bond motifs is 1. The SMILES string of the molecule is Cc1c([C@@H](NC(=O)Nc2cnc(NC3COC3)nc2)C(C)C)oc2ccc(F)cc12. The molecule has 8 nitrogen and oxygen atoms in total. The number of carbonyl (C=O) groups is 1. The van der Waals surface area contributed by atoms with E-state index in [-0.39, 0.29) is 23.8 Å². The molecule has 1 aliphatic heterocycles. The molecule has 158 valence electrons. The van der Waals surface area contributed by atoms with Gasteiger partial charge in [0.05, 0.1) is 43.4 Å². The van der Waals surface area contributed by atoms with Gasteiger partial charge in [0.2, 0.25) is 5.95 Å². The number of furan rings is 1. The van der Waals surface area contributed by atoms with Crippen LogP contribution in [0.4, 0.5) is 20.8 Å². The average molecular weight is 413 g/mol. The molecule has 9 heteroatoms. The second-order valence-electron chi connectivity index (χ2n) is 7.73. The number of hydrogen-bond donors (Lipinski definition) is 3. The highest BCUT2D eigenvalue weighted by Gasteiger charge is 2.25. The summed E-state index contributed by atoms with van der Waals surface area (Å²) in [7, 11) is 0. The second kappa shape index (κ2) is 8.27. The molecule has 1 aromatic carbocycles. The molecule has 2 aromatic heterocycles. The lowest BCUT2D eigenvalue weighted by atomic mass is 9.98. The fourth-order valence-electron chi connectivity index (χ4n) is 3.32. The molecule has 30 heavy (non-hydrogen) atoms. The van der Waals surface area contributed by atoms with Crippen LogP contribution < -0.4 is 16.0 Å². The first kappa shape index (κ1) is 20.1. The molecule has 0 aliphatic carbocycles. The van der Waals surface area contributed by atoms with Gasteiger partial charge in [-0.15, -0.1) is 0 Å². The molecular weight excluding hydrogens is 389 g/mol. The molecule has 3 aromatic rings. The minimum absolute atomic E-state index is 0.0485. The number of urea groups is 1. The quantitative estimate of drug-likeness (QED) is 0.565. The molecule has 0 bridgehead atoms. The van der Waals surface area contributed by atoms with Crippen molar-refractivity contribution in [2.75, 3.05) is 23.8 Å². The number of nitrogens with one attached hydrogen (secondary N) is 3. The maximum absolute atomic E-state index is 13.6. The first-order valence-corrected chi connectivity index (χ1v) is 9.83. The highest BCUT2D eigenvalue weighted by Crippen LogP contribution is 2.33. The van der Waals surface area contributed by atoms with E-state index in [1.54, 1.807) is 6.07 Å². The van der Waals surface area contributed by atoms with Crippen LogP contribution in [0.2, 0.25) is 0 Å². The van der Waals surface area contributed by atoms with E-state index in [4.69, 9.17) is 9.15 Å². The Morgan fingerprint density at radius 2 is 1.97 bits per heavy atom. The van der Waals surface area contributed by atoms with Crippen LogP contribution in [0.15, 0.2) is 35.0 Å². The van der Waals surface area contributed by atoms with Crippen LogP contribution in [-0.4, -0.2) is 35.3 Å². The van der Waals surface area contributed by atoms with E-state index in [0.717, 1.165) is 5.56 Å². The van der Waals surface area contributed by atoms with Crippen molar-refractivity contribution in [3.05, 3.63) is 47.7 Å². The van der Waals surface area contributed by atoms with E-state index in [2.05, 4.69) is 25.9 Å². The zero-order valence-electron chi connectivity index (χ0n) is 17.0. The predicted octanol–water partition coefficient (Wildman–Crippen LogP) is 4.00. The van der Waals surface area contributed by atoms with Gasteiger partial charge >= 0.3 is 6.03 Å². The van der Waals surface area contributed by atoms with Gasteiger partial charge in [-0.25, -0.2) is 19.2 Å². The van der Waals surface area contributed by atoms with Crippen molar-refractivity contribution in [2.24, 2.45) is 5.92 Å². The van der Waals surface area contributed by atoms with Crippen LogP contribution in [0.5, 0.6) is 0 Å². The number of aryl methyl sites for hydroxylation is 1. The van der Waals surface area contributed by atoms with E-state index in [0.29, 0.717) is 41.6 Å². The van der Waals surface area contributed by atoms with Gasteiger partial charge in [0.25, 0.3) is 0 Å². The number of anilines is 2. The standard InChI is InChI=1S/C21H24FN5O3/c1-11(2)18(19-12(3)16-6-13(22)4-5-17(16)30-19)27-21(28)26-14-7-23-20(24-8-14)25-15-9-29-10-15/h4-8,11,15,18H,9-10H2,1-3H3,(H,23,24,25)(H2,26,27,28)/t18-/m0/s1. The van der Waals surface area contributed by atoms with Gasteiger partial charge in [0.1, 0.15) is 17.2 Å². The number of benzene rings is 1. The molecule has 1 saturated heterocycles. The van der Waals surface area contributed by atoms with Gasteiger partial charge in [-0.3, -0.25) is 0 Å². The third-order valence-corrected chi connectivity index (χ3v) is 5.05. The fraction of sp³-hybridized carbons (Fsp3) is 0.381. The Labute approximate surface area is 173 Å². The van der Waals surface area contributed by atoms with Crippen molar-refractivity contribution in [3.8, 4) is 0 Å². The van der Waals surface area contributed by atoms with Gasteiger partial charge in [-0.05, 0) is 31.0 Å². The number of ether oxygens (including phenoxy) is 1. The van der Waals surface area contributed by atoms with Crippen LogP contribution in [0, 0.1) is 18.7 Å². The number of amides is 2. The maximum atomic E-state index is 13.6. The first-order valence-electron chi connectivity index (χ1n) is 9.83. The largest absolute Gasteiger partial charge is 0.459 e. The summed E-state index contributed by atoms with van der Waals surface area (Å²) >= 11 is 0. The topological polar surface area (TPSA) is 101 Å². The van der Waals surface area contributed by atoms with Crippen LogP contribution >= 0.6 is 0 Å². The zero-order valence-corrected chi connectivity index (χ0v) is 17.0. The van der Waals surface area contributed by atoms with E-state index >= 15 is 0 Å². The Bertz CT molecular complexity index is 1050. The van der Waals surface area contributed by atoms with Gasteiger partial charge in [-0.2, -0.15) is 0 Å². The molecule has 1 aliphatic rings. The van der Waals surface area contributed by atoms with E-state index < -0.39 is 6.03 Å². The zero-order chi connectivity index (χ0) is 21.3. The molecule has 0 saturated carbocycles. The summed E-state index contributed by atoms with van der Waals surface area (Å²) in [6, 6.07) is 3.83. The highest BCUT2D eigenvalue weighted by molar-refractivity contribution is 5.89. The Morgan fingerprint density at radius 3 is 2.60 bits per heavy atom. The highest BCUT2D eigenvalue weighted by atomic mass is 19.1. The van der Waals surface area contributed by atoms with Gasteiger partial charge in [0.15, 0.2) is 0 Å². The summed E-state index contributed by atoms with van der Waals surface area (Å²) in [6.45, 7) is 7.09. The van der Waals surface area contributed by atoms with Crippen LogP contribution in [0.1, 0.15) is 31.2 Å². The van der Waals surface area contributed by atoms with Crippen molar-refractivity contribution in [1.29, 1.82) is 0 Å². The lowest BCUT2D eigenvalue weighted by Gasteiger charge is -2.26. The van der Waals surface area contributed by atoms with Crippen LogP contribution in [0.25, 0.3) is 11.0 Å². The summed E-state index contributed by atoms with van der Waals surface area (Å²) in [5.74, 6) is 0.818. The van der Waals surface area contributed by atoms with Crippen LogP contribution in [-0.2, 0) is 4.74 Å². The maximum Gasteiger partial charge on any atom is 0.319 e. The Morgan fingerprint density at radius 1 is 1.23 bits per heavy atom. The third-order valence-electron chi connectivity index (χ3n) is 5.05. The second-order valence-corrected chi connectivity index (χ2v) is 7.73. The normalized spacial score (nSPS) is 15.1. The molecule has 4 rings (SSSR count). The molecule has 3 N–H and O–H groups in total. The van der Waals surface area contributed by atoms with E-state index in [1.165, 1.54) is 24.5 Å². The predicted molar refractivity (Wildman–Crippen MR) is 111 cm³/mol. The molecule has 0 spiro atoms. The summed E-state index contributed by atoms with van der Waals surface area (Å²) in [5.41, 5.74) is 1.86. The van der Waals surface area contributed by atoms with Gasteiger partial charge in [-0.1, -0.05) is 13.8 Å². The molecule has 2 amide bonds. The summed E-state index contributed by atoms with van der Waals surface area (Å²) in [5, 5.41) is 9.51. The molecular formula is C21H24FN5O3. The van der Waals surface area contributed by atoms with Crippen molar-refractivity contribution in [3.63, 3.8) is 0 Å². The van der Waals surface area contributed by atoms with E-state index in [9.17, 15) is 9.18 Å². The smallest absolute Gasteiger partial charge is 0.319 e. The number of hydrogen-bond acceptors (Lipinski definition) is 6. The summed E-state index contributed by atoms with van der Waals surface area (Å²) < 4.78 is 24.7. The Balaban J connectivity index is 1.45. The molecule has 1 atom stereocenters. The van der Waals surface area contributed by atoms with Gasteiger partial charge < -0.3 is 25.1 Å². The summed E-state index contributed by atoms with van der Waals surface area (Å²) in [4.78, 5) is 21.0. The number of rotatable bonds is 6. The summed E-state index contributed by atoms with van der Waals surface area (Å²) in [6.07, 6.45) is 3.07. The third kappa shape index (κ3) is 4.20. The number of halogens is 1. The first-order chi connectivity index (χ1) is 14.4. The lowest BCUT2D eigenvalue weighted by molar-refractivity contribution is 0.0208. The minimum Gasteiger partial charge on any atom is -0.459 e. The molecule has 0 radical (unpaired) electrons. The van der Waals surface area contributed by atoms with Crippen LogP contribution in [0.3, 0.4) is 0 Å². The fourth-order valence-corrected chi connectivity index (χ4v) is 3.32. The monoisotopic (exact) mass is 413 g/mol. The van der Waals surface area contributed by atoms with Crippen molar-refractivity contribution < 1.29 is 18.3 Å². The van der Waals surface area contributed by atoms with Crippen molar-refractivity contribution in [1.82, 2.24) is 15.3 Å². The van der Waals surface area contributed by atoms with Gasteiger partial charge in [0, 0.05) is 10.9 Å². The molecule has 0 unspecified atom stereocenters. The number of carbonyl (C=O) groups excluding carboxylic acids is 1. The number of nitrogens with zero attached hydrogens (tertiary/aromatic N) is 2.